The molecule has 0 saturated carbocycles. The fourth-order valence-electron chi connectivity index (χ4n) is 4.69. The number of aryl methyl sites for hydroxylation is 1. The number of benzene rings is 1. The molecular weight excluding hydrogens is 450 g/mol. The number of aromatic nitrogens is 3. The van der Waals surface area contributed by atoms with Crippen molar-refractivity contribution in [2.24, 2.45) is 0 Å². The molecule has 0 fully saturated rings. The third-order valence-electron chi connectivity index (χ3n) is 6.81. The summed E-state index contributed by atoms with van der Waals surface area (Å²) < 4.78 is 3.22. The van der Waals surface area contributed by atoms with Gasteiger partial charge in [0.25, 0.3) is 11.5 Å². The predicted molar refractivity (Wildman–Crippen MR) is 144 cm³/mol. The molecule has 0 radical (unpaired) electrons. The third-order valence-corrected chi connectivity index (χ3v) is 6.81. The van der Waals surface area contributed by atoms with E-state index in [0.717, 1.165) is 30.4 Å². The number of rotatable bonds is 10. The van der Waals surface area contributed by atoms with E-state index in [0.29, 0.717) is 23.2 Å². The molecule has 4 rings (SSSR count). The Morgan fingerprint density at radius 2 is 1.75 bits per heavy atom. The van der Waals surface area contributed by atoms with Gasteiger partial charge in [0.05, 0.1) is 17.0 Å². The first-order valence-electron chi connectivity index (χ1n) is 12.9. The maximum absolute atomic E-state index is 13.5. The molecule has 0 bridgehead atoms. The molecule has 4 aromatic rings. The SMILES string of the molecule is CCCCCCCCNC(=O)c1cc2c(=O)n3cccc(C)c3nc2n(C(C)c2ccccc2)c1=N. The van der Waals surface area contributed by atoms with E-state index >= 15 is 0 Å². The van der Waals surface area contributed by atoms with Crippen molar-refractivity contribution in [3.63, 3.8) is 0 Å². The van der Waals surface area contributed by atoms with E-state index in [9.17, 15) is 9.59 Å². The summed E-state index contributed by atoms with van der Waals surface area (Å²) in [5, 5.41) is 12.3. The number of nitrogens with one attached hydrogen (secondary N) is 2. The Bertz CT molecular complexity index is 1490. The number of nitrogens with zero attached hydrogens (tertiary/aromatic N) is 3. The second kappa shape index (κ2) is 11.3. The molecule has 1 atom stereocenters. The third kappa shape index (κ3) is 5.10. The lowest BCUT2D eigenvalue weighted by Gasteiger charge is -2.21. The molecule has 7 heteroatoms. The predicted octanol–water partition coefficient (Wildman–Crippen LogP) is 5.14. The van der Waals surface area contributed by atoms with Crippen LogP contribution in [0.4, 0.5) is 0 Å². The molecule has 3 aromatic heterocycles. The van der Waals surface area contributed by atoms with Crippen molar-refractivity contribution in [1.82, 2.24) is 19.3 Å². The van der Waals surface area contributed by atoms with E-state index in [1.165, 1.54) is 29.7 Å². The van der Waals surface area contributed by atoms with Crippen LogP contribution in [0.1, 0.15) is 79.9 Å². The Labute approximate surface area is 211 Å². The van der Waals surface area contributed by atoms with Gasteiger partial charge in [-0.05, 0) is 43.5 Å². The number of carbonyl (C=O) groups is 1. The molecule has 0 aliphatic rings. The Hall–Kier alpha value is -3.74. The van der Waals surface area contributed by atoms with Crippen LogP contribution >= 0.6 is 0 Å². The Balaban J connectivity index is 1.79. The average molecular weight is 486 g/mol. The van der Waals surface area contributed by atoms with E-state index in [1.807, 2.05) is 56.3 Å². The average Bonchev–Trinajstić information content (AvgIpc) is 2.89. The number of hydrogen-bond acceptors (Lipinski definition) is 4. The molecule has 0 aliphatic carbocycles. The normalized spacial score (nSPS) is 12.2. The van der Waals surface area contributed by atoms with Gasteiger partial charge in [-0.3, -0.25) is 19.4 Å². The van der Waals surface area contributed by atoms with E-state index in [2.05, 4.69) is 12.2 Å². The first kappa shape index (κ1) is 25.4. The molecular formula is C29H35N5O2. The molecule has 1 unspecified atom stereocenters. The second-order valence-corrected chi connectivity index (χ2v) is 9.43. The molecule has 1 aromatic carbocycles. The van der Waals surface area contributed by atoms with Crippen LogP contribution in [0.3, 0.4) is 0 Å². The lowest BCUT2D eigenvalue weighted by molar-refractivity contribution is 0.0950. The number of unbranched alkanes of at least 4 members (excludes halogenated alkanes) is 5. The van der Waals surface area contributed by atoms with Crippen LogP contribution in [0.5, 0.6) is 0 Å². The van der Waals surface area contributed by atoms with Crippen LogP contribution in [-0.4, -0.2) is 26.4 Å². The van der Waals surface area contributed by atoms with E-state index in [-0.39, 0.29) is 28.6 Å². The van der Waals surface area contributed by atoms with Crippen LogP contribution in [-0.2, 0) is 0 Å². The van der Waals surface area contributed by atoms with E-state index < -0.39 is 0 Å². The van der Waals surface area contributed by atoms with Gasteiger partial charge in [-0.15, -0.1) is 0 Å². The Kier molecular flexibility index (Phi) is 7.98. The summed E-state index contributed by atoms with van der Waals surface area (Å²) in [7, 11) is 0. The standard InChI is InChI=1S/C29H35N5O2/c1-4-5-6-7-8-12-17-31-28(35)23-19-24-27(32-26-20(2)14-13-18-33(26)29(24)36)34(25(23)30)21(3)22-15-10-9-11-16-22/h9-11,13-16,18-19,21,30H,4-8,12,17H2,1-3H3,(H,31,35). The van der Waals surface area contributed by atoms with Gasteiger partial charge in [0, 0.05) is 12.7 Å². The van der Waals surface area contributed by atoms with Crippen molar-refractivity contribution >= 4 is 22.6 Å². The van der Waals surface area contributed by atoms with Gasteiger partial charge in [-0.2, -0.15) is 0 Å². The molecule has 0 saturated heterocycles. The minimum Gasteiger partial charge on any atom is -0.352 e. The minimum atomic E-state index is -0.335. The van der Waals surface area contributed by atoms with Gasteiger partial charge < -0.3 is 9.88 Å². The van der Waals surface area contributed by atoms with Crippen LogP contribution in [0, 0.1) is 12.3 Å². The zero-order valence-electron chi connectivity index (χ0n) is 21.4. The maximum Gasteiger partial charge on any atom is 0.267 e. The van der Waals surface area contributed by atoms with Gasteiger partial charge in [-0.25, -0.2) is 4.98 Å². The molecule has 7 nitrogen and oxygen atoms in total. The van der Waals surface area contributed by atoms with Gasteiger partial charge in [-0.1, -0.05) is 75.4 Å². The number of fused-ring (bicyclic) bond motifs is 2. The van der Waals surface area contributed by atoms with Crippen molar-refractivity contribution < 1.29 is 4.79 Å². The van der Waals surface area contributed by atoms with Gasteiger partial charge in [0.2, 0.25) is 0 Å². The van der Waals surface area contributed by atoms with Crippen LogP contribution in [0.15, 0.2) is 59.5 Å². The molecule has 0 aliphatic heterocycles. The lowest BCUT2D eigenvalue weighted by Crippen LogP contribution is -2.36. The summed E-state index contributed by atoms with van der Waals surface area (Å²) in [6.07, 6.45) is 8.47. The van der Waals surface area contributed by atoms with Gasteiger partial charge in [0.15, 0.2) is 0 Å². The fourth-order valence-corrected chi connectivity index (χ4v) is 4.69. The highest BCUT2D eigenvalue weighted by Crippen LogP contribution is 2.21. The first-order valence-corrected chi connectivity index (χ1v) is 12.9. The molecule has 188 valence electrons. The topological polar surface area (TPSA) is 92.2 Å². The van der Waals surface area contributed by atoms with Crippen molar-refractivity contribution in [2.45, 2.75) is 65.3 Å². The van der Waals surface area contributed by atoms with Crippen molar-refractivity contribution in [3.8, 4) is 0 Å². The van der Waals surface area contributed by atoms with Crippen molar-refractivity contribution in [3.05, 3.63) is 87.3 Å². The zero-order valence-corrected chi connectivity index (χ0v) is 21.4. The van der Waals surface area contributed by atoms with Crippen molar-refractivity contribution in [2.75, 3.05) is 6.54 Å². The summed E-state index contributed by atoms with van der Waals surface area (Å²) in [5.41, 5.74) is 2.76. The highest BCUT2D eigenvalue weighted by Gasteiger charge is 2.21. The molecule has 36 heavy (non-hydrogen) atoms. The van der Waals surface area contributed by atoms with Crippen LogP contribution in [0.2, 0.25) is 0 Å². The quantitative estimate of drug-likeness (QED) is 0.241. The highest BCUT2D eigenvalue weighted by molar-refractivity contribution is 5.96. The largest absolute Gasteiger partial charge is 0.352 e. The van der Waals surface area contributed by atoms with Crippen LogP contribution < -0.4 is 16.4 Å². The maximum atomic E-state index is 13.5. The first-order chi connectivity index (χ1) is 17.4. The second-order valence-electron chi connectivity index (χ2n) is 9.43. The monoisotopic (exact) mass is 485 g/mol. The summed E-state index contributed by atoms with van der Waals surface area (Å²) in [4.78, 5) is 31.6. The Morgan fingerprint density at radius 3 is 2.50 bits per heavy atom. The minimum absolute atomic E-state index is 0.0455. The number of pyridine rings is 2. The lowest BCUT2D eigenvalue weighted by atomic mass is 10.1. The van der Waals surface area contributed by atoms with Gasteiger partial charge >= 0.3 is 0 Å². The van der Waals surface area contributed by atoms with E-state index in [4.69, 9.17) is 10.4 Å². The smallest absolute Gasteiger partial charge is 0.267 e. The fraction of sp³-hybridized carbons (Fsp3) is 0.379. The zero-order chi connectivity index (χ0) is 25.7. The molecule has 1 amide bonds. The molecule has 0 spiro atoms. The number of hydrogen-bond donors (Lipinski definition) is 2. The van der Waals surface area contributed by atoms with Crippen LogP contribution in [0.25, 0.3) is 16.7 Å². The number of amides is 1. The summed E-state index contributed by atoms with van der Waals surface area (Å²) >= 11 is 0. The number of carbonyl (C=O) groups excluding carboxylic acids is 1. The van der Waals surface area contributed by atoms with E-state index in [1.54, 1.807) is 10.8 Å². The van der Waals surface area contributed by atoms with Gasteiger partial charge in [0.1, 0.15) is 16.8 Å². The molecule has 3 heterocycles. The van der Waals surface area contributed by atoms with Crippen molar-refractivity contribution in [1.29, 1.82) is 5.41 Å². The summed E-state index contributed by atoms with van der Waals surface area (Å²) in [6, 6.07) is 14.7. The summed E-state index contributed by atoms with van der Waals surface area (Å²) in [5.74, 6) is -0.335. The Morgan fingerprint density at radius 1 is 1.03 bits per heavy atom. The summed E-state index contributed by atoms with van der Waals surface area (Å²) in [6.45, 7) is 6.61. The highest BCUT2D eigenvalue weighted by atomic mass is 16.1. The molecule has 2 N–H and O–H groups in total.